The Labute approximate surface area is 225 Å². The first-order chi connectivity index (χ1) is 19.1. The van der Waals surface area contributed by atoms with E-state index in [2.05, 4.69) is 128 Å². The van der Waals surface area contributed by atoms with Crippen molar-refractivity contribution in [2.45, 2.75) is 19.3 Å². The van der Waals surface area contributed by atoms with Crippen LogP contribution in [0.4, 0.5) is 0 Å². The normalized spacial score (nSPS) is 14.1. The number of furan rings is 1. The summed E-state index contributed by atoms with van der Waals surface area (Å²) in [6.07, 6.45) is 0. The van der Waals surface area contributed by atoms with Crippen LogP contribution in [0.25, 0.3) is 71.3 Å². The van der Waals surface area contributed by atoms with Crippen LogP contribution < -0.4 is 0 Å². The molecule has 0 radical (unpaired) electrons. The van der Waals surface area contributed by atoms with E-state index in [1.54, 1.807) is 0 Å². The molecule has 1 aliphatic rings. The third-order valence-electron chi connectivity index (χ3n) is 8.96. The summed E-state index contributed by atoms with van der Waals surface area (Å²) < 4.78 is 8.83. The number of rotatable bonds is 1. The first kappa shape index (κ1) is 21.2. The molecule has 0 bridgehead atoms. The minimum Gasteiger partial charge on any atom is -0.456 e. The van der Waals surface area contributed by atoms with E-state index in [1.165, 1.54) is 54.8 Å². The fourth-order valence-electron chi connectivity index (χ4n) is 7.15. The van der Waals surface area contributed by atoms with Gasteiger partial charge in [0.05, 0.1) is 22.1 Å². The predicted molar refractivity (Wildman–Crippen MR) is 163 cm³/mol. The fourth-order valence-corrected chi connectivity index (χ4v) is 7.15. The number of nitrogens with zero attached hydrogens (tertiary/aromatic N) is 1. The topological polar surface area (TPSA) is 18.1 Å². The van der Waals surface area contributed by atoms with Gasteiger partial charge in [-0.1, -0.05) is 92.7 Å². The first-order valence-electron chi connectivity index (χ1n) is 13.6. The van der Waals surface area contributed by atoms with E-state index in [9.17, 15) is 0 Å². The summed E-state index contributed by atoms with van der Waals surface area (Å²) in [6, 6.07) is 41.9. The minimum atomic E-state index is -0.0987. The monoisotopic (exact) mass is 499 g/mol. The van der Waals surface area contributed by atoms with Crippen molar-refractivity contribution in [2.24, 2.45) is 0 Å². The number of fused-ring (bicyclic) bond motifs is 11. The van der Waals surface area contributed by atoms with E-state index in [1.807, 2.05) is 6.07 Å². The van der Waals surface area contributed by atoms with Crippen LogP contribution in [0.1, 0.15) is 25.0 Å². The van der Waals surface area contributed by atoms with Crippen LogP contribution in [0.15, 0.2) is 120 Å². The van der Waals surface area contributed by atoms with E-state index in [0.717, 1.165) is 27.6 Å². The van der Waals surface area contributed by atoms with Crippen molar-refractivity contribution in [1.82, 2.24) is 4.57 Å². The summed E-state index contributed by atoms with van der Waals surface area (Å²) >= 11 is 0. The van der Waals surface area contributed by atoms with Crippen LogP contribution in [0.5, 0.6) is 0 Å². The Bertz CT molecular complexity index is 2310. The molecule has 0 aliphatic heterocycles. The molecule has 1 aliphatic carbocycles. The third kappa shape index (κ3) is 2.61. The van der Waals surface area contributed by atoms with Crippen LogP contribution in [0, 0.1) is 0 Å². The summed E-state index contributed by atoms with van der Waals surface area (Å²) in [4.78, 5) is 0. The highest BCUT2D eigenvalue weighted by molar-refractivity contribution is 6.18. The van der Waals surface area contributed by atoms with E-state index < -0.39 is 0 Å². The highest BCUT2D eigenvalue weighted by atomic mass is 16.3. The molecular formula is C37H25NO. The van der Waals surface area contributed by atoms with Gasteiger partial charge in [0.25, 0.3) is 0 Å². The van der Waals surface area contributed by atoms with Crippen LogP contribution in [0.3, 0.4) is 0 Å². The van der Waals surface area contributed by atoms with Gasteiger partial charge in [-0.25, -0.2) is 0 Å². The SMILES string of the molecule is CC1(C)c2cc3ccccc3cc2-c2c1ccc1c3ccccc3n(-c3cccc4oc5ccccc5c34)c21. The lowest BCUT2D eigenvalue weighted by atomic mass is 9.82. The molecular weight excluding hydrogens is 474 g/mol. The maximum Gasteiger partial charge on any atom is 0.137 e. The van der Waals surface area contributed by atoms with Crippen LogP contribution in [-0.4, -0.2) is 4.57 Å². The van der Waals surface area contributed by atoms with Gasteiger partial charge in [0.1, 0.15) is 11.2 Å². The molecule has 6 aromatic carbocycles. The average molecular weight is 500 g/mol. The van der Waals surface area contributed by atoms with Gasteiger partial charge >= 0.3 is 0 Å². The molecule has 184 valence electrons. The van der Waals surface area contributed by atoms with Gasteiger partial charge in [0, 0.05) is 27.1 Å². The Morgan fingerprint density at radius 3 is 2.18 bits per heavy atom. The van der Waals surface area contributed by atoms with Crippen LogP contribution >= 0.6 is 0 Å². The molecule has 2 aromatic heterocycles. The zero-order chi connectivity index (χ0) is 25.9. The predicted octanol–water partition coefficient (Wildman–Crippen LogP) is 10.1. The van der Waals surface area contributed by atoms with Gasteiger partial charge in [0.2, 0.25) is 0 Å². The zero-order valence-corrected chi connectivity index (χ0v) is 21.8. The van der Waals surface area contributed by atoms with Crippen molar-refractivity contribution >= 4 is 54.5 Å². The summed E-state index contributed by atoms with van der Waals surface area (Å²) in [5.74, 6) is 0. The average Bonchev–Trinajstić information content (AvgIpc) is 3.58. The van der Waals surface area contributed by atoms with Gasteiger partial charge in [-0.2, -0.15) is 0 Å². The summed E-state index contributed by atoms with van der Waals surface area (Å²) in [6.45, 7) is 4.74. The Morgan fingerprint density at radius 1 is 0.590 bits per heavy atom. The maximum absolute atomic E-state index is 6.33. The Morgan fingerprint density at radius 2 is 1.31 bits per heavy atom. The maximum atomic E-state index is 6.33. The summed E-state index contributed by atoms with van der Waals surface area (Å²) in [5, 5.41) is 7.43. The fraction of sp³-hybridized carbons (Fsp3) is 0.0811. The molecule has 8 aromatic rings. The van der Waals surface area contributed by atoms with E-state index in [4.69, 9.17) is 4.42 Å². The van der Waals surface area contributed by atoms with Crippen molar-refractivity contribution in [2.75, 3.05) is 0 Å². The smallest absolute Gasteiger partial charge is 0.137 e. The van der Waals surface area contributed by atoms with Gasteiger partial charge in [0.15, 0.2) is 0 Å². The van der Waals surface area contributed by atoms with Crippen molar-refractivity contribution in [3.8, 4) is 16.8 Å². The van der Waals surface area contributed by atoms with Crippen molar-refractivity contribution < 1.29 is 4.42 Å². The number of para-hydroxylation sites is 2. The molecule has 0 saturated heterocycles. The van der Waals surface area contributed by atoms with Gasteiger partial charge in [-0.15, -0.1) is 0 Å². The second kappa shape index (κ2) is 7.18. The van der Waals surface area contributed by atoms with E-state index in [0.29, 0.717) is 0 Å². The number of benzene rings is 6. The molecule has 2 heterocycles. The molecule has 0 spiro atoms. The van der Waals surface area contributed by atoms with Gasteiger partial charge < -0.3 is 8.98 Å². The van der Waals surface area contributed by atoms with E-state index in [-0.39, 0.29) is 5.41 Å². The molecule has 0 unspecified atom stereocenters. The van der Waals surface area contributed by atoms with Gasteiger partial charge in [-0.3, -0.25) is 0 Å². The number of aromatic nitrogens is 1. The summed E-state index contributed by atoms with van der Waals surface area (Å²) in [7, 11) is 0. The third-order valence-corrected chi connectivity index (χ3v) is 8.96. The molecule has 0 atom stereocenters. The highest BCUT2D eigenvalue weighted by Crippen LogP contribution is 2.54. The number of hydrogen-bond donors (Lipinski definition) is 0. The van der Waals surface area contributed by atoms with Crippen LogP contribution in [0.2, 0.25) is 0 Å². The van der Waals surface area contributed by atoms with Gasteiger partial charge in [-0.05, 0) is 63.9 Å². The lowest BCUT2D eigenvalue weighted by Crippen LogP contribution is -2.14. The first-order valence-corrected chi connectivity index (χ1v) is 13.6. The standard InChI is InChI=1S/C37H25NO/c1-37(2)28-19-18-25-24-12-5-7-14-30(24)38(31-15-9-17-33-35(31)26-13-6-8-16-32(26)39-33)36(25)34(28)27-20-22-10-3-4-11-23(22)21-29(27)37/h3-21H,1-2H3. The van der Waals surface area contributed by atoms with Crippen molar-refractivity contribution in [3.63, 3.8) is 0 Å². The Balaban J connectivity index is 1.52. The second-order valence-corrected chi connectivity index (χ2v) is 11.4. The molecule has 0 amide bonds. The minimum absolute atomic E-state index is 0.0987. The van der Waals surface area contributed by atoms with Crippen molar-refractivity contribution in [3.05, 3.63) is 126 Å². The zero-order valence-electron chi connectivity index (χ0n) is 21.8. The van der Waals surface area contributed by atoms with E-state index >= 15 is 0 Å². The highest BCUT2D eigenvalue weighted by Gasteiger charge is 2.38. The quantitative estimate of drug-likeness (QED) is 0.220. The molecule has 0 N–H and O–H groups in total. The molecule has 9 rings (SSSR count). The molecule has 39 heavy (non-hydrogen) atoms. The van der Waals surface area contributed by atoms with Crippen molar-refractivity contribution in [1.29, 1.82) is 0 Å². The number of hydrogen-bond acceptors (Lipinski definition) is 1. The lowest BCUT2D eigenvalue weighted by molar-refractivity contribution is 0.661. The van der Waals surface area contributed by atoms with Crippen LogP contribution in [-0.2, 0) is 5.41 Å². The molecule has 0 fully saturated rings. The lowest BCUT2D eigenvalue weighted by Gasteiger charge is -2.22. The molecule has 0 saturated carbocycles. The largest absolute Gasteiger partial charge is 0.456 e. The molecule has 2 heteroatoms. The Kier molecular flexibility index (Phi) is 3.89. The molecule has 2 nitrogen and oxygen atoms in total. The summed E-state index contributed by atoms with van der Waals surface area (Å²) in [5.41, 5.74) is 10.8. The Hall–Kier alpha value is -4.82. The second-order valence-electron chi connectivity index (χ2n) is 11.4.